The zero-order chi connectivity index (χ0) is 14.1. The van der Waals surface area contributed by atoms with E-state index in [0.717, 1.165) is 36.1 Å². The van der Waals surface area contributed by atoms with Gasteiger partial charge in [-0.1, -0.05) is 23.4 Å². The van der Waals surface area contributed by atoms with Gasteiger partial charge in [0.25, 0.3) is 5.56 Å². The largest absolute Gasteiger partial charge is 0.398 e. The summed E-state index contributed by atoms with van der Waals surface area (Å²) in [7, 11) is 0. The maximum absolute atomic E-state index is 11.9. The van der Waals surface area contributed by atoms with E-state index in [1.54, 1.807) is 12.3 Å². The Labute approximate surface area is 125 Å². The molecule has 2 aromatic heterocycles. The van der Waals surface area contributed by atoms with Crippen LogP contribution in [0.25, 0.3) is 0 Å². The fraction of sp³-hybridized carbons (Fsp3) is 0.308. The number of nitrogens with zero attached hydrogens (tertiary/aromatic N) is 2. The number of thioether (sulfide) groups is 1. The van der Waals surface area contributed by atoms with Crippen molar-refractivity contribution < 1.29 is 0 Å². The lowest BCUT2D eigenvalue weighted by Crippen LogP contribution is -2.15. The molecule has 0 saturated carbocycles. The summed E-state index contributed by atoms with van der Waals surface area (Å²) in [5, 5.41) is 0.996. The Kier molecular flexibility index (Phi) is 3.67. The van der Waals surface area contributed by atoms with Gasteiger partial charge >= 0.3 is 0 Å². The van der Waals surface area contributed by atoms with Crippen molar-refractivity contribution in [1.82, 2.24) is 15.0 Å². The molecule has 0 saturated heterocycles. The Bertz CT molecular complexity index is 696. The first-order chi connectivity index (χ1) is 9.65. The molecule has 1 aliphatic rings. The topological polar surface area (TPSA) is 84.7 Å². The minimum atomic E-state index is -0.0275. The van der Waals surface area contributed by atoms with Gasteiger partial charge in [0.1, 0.15) is 5.15 Å². The Morgan fingerprint density at radius 3 is 3.10 bits per heavy atom. The minimum Gasteiger partial charge on any atom is -0.398 e. The van der Waals surface area contributed by atoms with Gasteiger partial charge < -0.3 is 10.7 Å². The maximum atomic E-state index is 11.9. The van der Waals surface area contributed by atoms with Crippen LogP contribution >= 0.6 is 23.4 Å². The summed E-state index contributed by atoms with van der Waals surface area (Å²) >= 11 is 7.43. The lowest BCUT2D eigenvalue weighted by molar-refractivity contribution is 0.869. The van der Waals surface area contributed by atoms with Gasteiger partial charge in [0.2, 0.25) is 0 Å². The summed E-state index contributed by atoms with van der Waals surface area (Å²) in [5.74, 6) is 0.528. The fourth-order valence-electron chi connectivity index (χ4n) is 2.25. The number of nitrogens with one attached hydrogen (secondary N) is 1. The molecule has 0 atom stereocenters. The van der Waals surface area contributed by atoms with Crippen molar-refractivity contribution in [3.63, 3.8) is 0 Å². The standard InChI is InChI=1S/C13H13ClN4OS/c14-11-8(9(15)4-5-16-11)6-20-13-17-10-3-1-2-7(10)12(19)18-13/h4-5H,1-3,6H2,(H2,15,16)(H,17,18,19). The number of hydrogen-bond donors (Lipinski definition) is 2. The number of rotatable bonds is 3. The fourth-order valence-corrected chi connectivity index (χ4v) is 3.49. The first-order valence-corrected chi connectivity index (χ1v) is 7.65. The molecule has 3 N–H and O–H groups in total. The van der Waals surface area contributed by atoms with Gasteiger partial charge in [-0.05, 0) is 25.3 Å². The van der Waals surface area contributed by atoms with Crippen molar-refractivity contribution in [1.29, 1.82) is 0 Å². The van der Waals surface area contributed by atoms with E-state index in [4.69, 9.17) is 17.3 Å². The van der Waals surface area contributed by atoms with Crippen molar-refractivity contribution in [2.75, 3.05) is 5.73 Å². The molecule has 0 aliphatic heterocycles. The van der Waals surface area contributed by atoms with Crippen LogP contribution in [0.3, 0.4) is 0 Å². The monoisotopic (exact) mass is 308 g/mol. The van der Waals surface area contributed by atoms with Gasteiger partial charge in [-0.15, -0.1) is 0 Å². The van der Waals surface area contributed by atoms with Crippen LogP contribution in [0.5, 0.6) is 0 Å². The molecule has 0 unspecified atom stereocenters. The molecule has 3 rings (SSSR count). The Morgan fingerprint density at radius 2 is 2.30 bits per heavy atom. The number of hydrogen-bond acceptors (Lipinski definition) is 5. The number of aryl methyl sites for hydroxylation is 1. The summed E-state index contributed by atoms with van der Waals surface area (Å²) in [6.07, 6.45) is 4.27. The molecule has 20 heavy (non-hydrogen) atoms. The number of pyridine rings is 1. The highest BCUT2D eigenvalue weighted by Crippen LogP contribution is 2.28. The second kappa shape index (κ2) is 5.46. The van der Waals surface area contributed by atoms with Crippen LogP contribution in [0.2, 0.25) is 5.15 Å². The van der Waals surface area contributed by atoms with E-state index in [1.807, 2.05) is 0 Å². The average molecular weight is 309 g/mol. The molecule has 1 aliphatic carbocycles. The maximum Gasteiger partial charge on any atom is 0.254 e. The van der Waals surface area contributed by atoms with E-state index in [1.165, 1.54) is 11.8 Å². The molecule has 2 aromatic rings. The molecular weight excluding hydrogens is 296 g/mol. The van der Waals surface area contributed by atoms with Crippen molar-refractivity contribution >= 4 is 29.1 Å². The van der Waals surface area contributed by atoms with E-state index in [2.05, 4.69) is 15.0 Å². The second-order valence-electron chi connectivity index (χ2n) is 4.61. The molecule has 104 valence electrons. The first kappa shape index (κ1) is 13.5. The van der Waals surface area contributed by atoms with Gasteiger partial charge in [-0.3, -0.25) is 4.79 Å². The molecule has 0 amide bonds. The highest BCUT2D eigenvalue weighted by Gasteiger charge is 2.17. The van der Waals surface area contributed by atoms with E-state index in [9.17, 15) is 4.79 Å². The number of nitrogen functional groups attached to an aromatic ring is 1. The second-order valence-corrected chi connectivity index (χ2v) is 5.93. The van der Waals surface area contributed by atoms with Crippen LogP contribution in [-0.2, 0) is 18.6 Å². The van der Waals surface area contributed by atoms with Crippen LogP contribution in [-0.4, -0.2) is 15.0 Å². The molecule has 7 heteroatoms. The molecule has 0 radical (unpaired) electrons. The van der Waals surface area contributed by atoms with Gasteiger partial charge in [-0.2, -0.15) is 0 Å². The number of aromatic amines is 1. The van der Waals surface area contributed by atoms with Gasteiger partial charge in [-0.25, -0.2) is 9.97 Å². The van der Waals surface area contributed by atoms with E-state index < -0.39 is 0 Å². The van der Waals surface area contributed by atoms with Gasteiger partial charge in [0.05, 0.1) is 5.69 Å². The minimum absolute atomic E-state index is 0.0275. The summed E-state index contributed by atoms with van der Waals surface area (Å²) < 4.78 is 0. The van der Waals surface area contributed by atoms with Crippen molar-refractivity contribution in [3.8, 4) is 0 Å². The number of nitrogens with two attached hydrogens (primary N) is 1. The summed E-state index contributed by atoms with van der Waals surface area (Å²) in [6, 6.07) is 1.71. The molecule has 0 spiro atoms. The first-order valence-electron chi connectivity index (χ1n) is 6.29. The summed E-state index contributed by atoms with van der Waals surface area (Å²) in [6.45, 7) is 0. The number of anilines is 1. The van der Waals surface area contributed by atoms with E-state index in [0.29, 0.717) is 21.7 Å². The number of halogens is 1. The molecule has 0 bridgehead atoms. The predicted octanol–water partition coefficient (Wildman–Crippen LogP) is 2.18. The smallest absolute Gasteiger partial charge is 0.254 e. The molecule has 2 heterocycles. The van der Waals surface area contributed by atoms with Crippen molar-refractivity contribution in [3.05, 3.63) is 44.6 Å². The lowest BCUT2D eigenvalue weighted by atomic mass is 10.3. The van der Waals surface area contributed by atoms with E-state index >= 15 is 0 Å². The van der Waals surface area contributed by atoms with Crippen molar-refractivity contribution in [2.24, 2.45) is 0 Å². The van der Waals surface area contributed by atoms with E-state index in [-0.39, 0.29) is 5.56 Å². The quantitative estimate of drug-likeness (QED) is 0.516. The summed E-state index contributed by atoms with van der Waals surface area (Å²) in [4.78, 5) is 23.2. The van der Waals surface area contributed by atoms with Crippen LogP contribution < -0.4 is 11.3 Å². The van der Waals surface area contributed by atoms with Crippen LogP contribution in [0.1, 0.15) is 23.2 Å². The molecule has 5 nitrogen and oxygen atoms in total. The Balaban J connectivity index is 1.83. The van der Waals surface area contributed by atoms with Crippen molar-refractivity contribution in [2.45, 2.75) is 30.2 Å². The van der Waals surface area contributed by atoms with Gasteiger partial charge in [0, 0.05) is 28.8 Å². The van der Waals surface area contributed by atoms with Crippen LogP contribution in [0.15, 0.2) is 22.2 Å². The third-order valence-corrected chi connectivity index (χ3v) is 4.54. The summed E-state index contributed by atoms with van der Waals surface area (Å²) in [5.41, 5.74) is 8.96. The van der Waals surface area contributed by atoms with Gasteiger partial charge in [0.15, 0.2) is 5.16 Å². The number of aromatic nitrogens is 3. The SMILES string of the molecule is Nc1ccnc(Cl)c1CSc1nc2c(c(=O)[nH]1)CCC2. The van der Waals surface area contributed by atoms with Crippen LogP contribution in [0.4, 0.5) is 5.69 Å². The molecule has 0 fully saturated rings. The lowest BCUT2D eigenvalue weighted by Gasteiger charge is -2.07. The molecule has 0 aromatic carbocycles. The zero-order valence-corrected chi connectivity index (χ0v) is 12.2. The Morgan fingerprint density at radius 1 is 1.45 bits per heavy atom. The van der Waals surface area contributed by atoms with Crippen LogP contribution in [0, 0.1) is 0 Å². The third kappa shape index (κ3) is 2.53. The average Bonchev–Trinajstić information content (AvgIpc) is 2.87. The Hall–Kier alpha value is -1.53. The highest BCUT2D eigenvalue weighted by atomic mass is 35.5. The number of H-pyrrole nitrogens is 1. The zero-order valence-electron chi connectivity index (χ0n) is 10.6. The predicted molar refractivity (Wildman–Crippen MR) is 80.1 cm³/mol. The third-order valence-electron chi connectivity index (χ3n) is 3.31. The highest BCUT2D eigenvalue weighted by molar-refractivity contribution is 7.98. The molecular formula is C13H13ClN4OS. The normalized spacial score (nSPS) is 13.4. The number of fused-ring (bicyclic) bond motifs is 1.